The molecule has 128 valence electrons. The van der Waals surface area contributed by atoms with Crippen molar-refractivity contribution in [3.05, 3.63) is 34.2 Å². The molecule has 2 unspecified atom stereocenters. The quantitative estimate of drug-likeness (QED) is 0.816. The summed E-state index contributed by atoms with van der Waals surface area (Å²) in [5.41, 5.74) is 1.45. The predicted molar refractivity (Wildman–Crippen MR) is 93.7 cm³/mol. The molecule has 2 aromatic rings. The van der Waals surface area contributed by atoms with Crippen molar-refractivity contribution >= 4 is 42.0 Å². The van der Waals surface area contributed by atoms with Gasteiger partial charge in [0.05, 0.1) is 35.5 Å². The summed E-state index contributed by atoms with van der Waals surface area (Å²) in [4.78, 5) is 39.8. The second-order valence-corrected chi connectivity index (χ2v) is 6.01. The number of amides is 1. The van der Waals surface area contributed by atoms with Gasteiger partial charge in [-0.05, 0) is 31.0 Å². The summed E-state index contributed by atoms with van der Waals surface area (Å²) in [7, 11) is 3.85. The molecule has 0 saturated carbocycles. The number of imidazole rings is 1. The number of carbonyl (C=O) groups is 2. The zero-order valence-electron chi connectivity index (χ0n) is 12.7. The van der Waals surface area contributed by atoms with Crippen molar-refractivity contribution in [1.29, 1.82) is 0 Å². The van der Waals surface area contributed by atoms with Gasteiger partial charge in [0.15, 0.2) is 0 Å². The average Bonchev–Trinajstić information content (AvgIpc) is 2.95. The third-order valence-electron chi connectivity index (χ3n) is 4.25. The molecule has 10 heteroatoms. The van der Waals surface area contributed by atoms with Gasteiger partial charge < -0.3 is 18.9 Å². The molecule has 1 N–H and O–H groups in total. The Morgan fingerprint density at radius 1 is 1.17 bits per heavy atom. The van der Waals surface area contributed by atoms with Gasteiger partial charge in [-0.15, -0.1) is 0 Å². The third kappa shape index (κ3) is 3.04. The molecule has 8 nitrogen and oxygen atoms in total. The van der Waals surface area contributed by atoms with Gasteiger partial charge in [0.1, 0.15) is 0 Å². The van der Waals surface area contributed by atoms with Gasteiger partial charge in [0.2, 0.25) is 0 Å². The van der Waals surface area contributed by atoms with Crippen LogP contribution in [-0.2, 0) is 9.05 Å². The van der Waals surface area contributed by atoms with Crippen molar-refractivity contribution in [3.8, 4) is 0 Å². The van der Waals surface area contributed by atoms with E-state index in [2.05, 4.69) is 14.0 Å². The van der Waals surface area contributed by atoms with Crippen LogP contribution in [0.15, 0.2) is 23.0 Å². The van der Waals surface area contributed by atoms with Crippen molar-refractivity contribution in [2.75, 3.05) is 13.1 Å². The second kappa shape index (κ2) is 6.91. The fourth-order valence-electron chi connectivity index (χ4n) is 3.07. The Balaban J connectivity index is 1.88. The standard InChI is InChI=1S/C14H17N3O5P2/c18-12(21-23)8-1-2-11-10(7-8)15-13(19)17(11)9-3-5-16(6-4-9)14(20)22-24/h1-2,7,9H,3-6,23-24H2,(H,15,19). The van der Waals surface area contributed by atoms with Gasteiger partial charge in [-0.25, -0.2) is 14.4 Å². The molecular weight excluding hydrogens is 352 g/mol. The summed E-state index contributed by atoms with van der Waals surface area (Å²) in [6, 6.07) is 4.94. The molecule has 0 aliphatic carbocycles. The van der Waals surface area contributed by atoms with Crippen molar-refractivity contribution in [1.82, 2.24) is 14.5 Å². The van der Waals surface area contributed by atoms with Crippen molar-refractivity contribution < 1.29 is 18.6 Å². The second-order valence-electron chi connectivity index (χ2n) is 5.54. The maximum Gasteiger partial charge on any atom is 0.411 e. The lowest BCUT2D eigenvalue weighted by Gasteiger charge is -2.31. The summed E-state index contributed by atoms with van der Waals surface area (Å²) in [6.07, 6.45) is 0.926. The summed E-state index contributed by atoms with van der Waals surface area (Å²) >= 11 is 0. The molecule has 1 aromatic carbocycles. The number of benzene rings is 1. The molecule has 1 fully saturated rings. The molecule has 2 heterocycles. The maximum absolute atomic E-state index is 12.3. The molecule has 0 bridgehead atoms. The van der Waals surface area contributed by atoms with Crippen LogP contribution in [0, 0.1) is 0 Å². The minimum Gasteiger partial charge on any atom is -0.448 e. The van der Waals surface area contributed by atoms with E-state index < -0.39 is 5.97 Å². The summed E-state index contributed by atoms with van der Waals surface area (Å²) < 4.78 is 10.9. The van der Waals surface area contributed by atoms with E-state index in [1.165, 1.54) is 0 Å². The van der Waals surface area contributed by atoms with E-state index in [4.69, 9.17) is 0 Å². The number of H-pyrrole nitrogens is 1. The molecule has 1 aliphatic rings. The number of fused-ring (bicyclic) bond motifs is 1. The number of likely N-dealkylation sites (tertiary alicyclic amines) is 1. The molecule has 1 saturated heterocycles. The minimum absolute atomic E-state index is 0.0145. The predicted octanol–water partition coefficient (Wildman–Crippen LogP) is 1.84. The molecule has 3 rings (SSSR count). The Morgan fingerprint density at radius 2 is 1.88 bits per heavy atom. The van der Waals surface area contributed by atoms with Gasteiger partial charge in [-0.1, -0.05) is 0 Å². The van der Waals surface area contributed by atoms with Crippen molar-refractivity contribution in [2.24, 2.45) is 0 Å². The fourth-order valence-corrected chi connectivity index (χ4v) is 3.35. The first-order chi connectivity index (χ1) is 11.5. The van der Waals surface area contributed by atoms with Gasteiger partial charge in [0.25, 0.3) is 0 Å². The van der Waals surface area contributed by atoms with E-state index in [0.29, 0.717) is 37.0 Å². The molecule has 0 radical (unpaired) electrons. The van der Waals surface area contributed by atoms with Gasteiger partial charge in [-0.2, -0.15) is 0 Å². The van der Waals surface area contributed by atoms with Crippen LogP contribution in [0.3, 0.4) is 0 Å². The number of aromatic amines is 1. The van der Waals surface area contributed by atoms with Crippen LogP contribution in [0.1, 0.15) is 29.2 Å². The fraction of sp³-hybridized carbons (Fsp3) is 0.357. The van der Waals surface area contributed by atoms with E-state index in [0.717, 1.165) is 5.52 Å². The van der Waals surface area contributed by atoms with E-state index >= 15 is 0 Å². The number of hydrogen-bond donors (Lipinski definition) is 1. The van der Waals surface area contributed by atoms with Crippen molar-refractivity contribution in [3.63, 3.8) is 0 Å². The highest BCUT2D eigenvalue weighted by Crippen LogP contribution is 2.26. The minimum atomic E-state index is -0.486. The Kier molecular flexibility index (Phi) is 4.88. The zero-order valence-corrected chi connectivity index (χ0v) is 15.0. The molecule has 0 spiro atoms. The van der Waals surface area contributed by atoms with E-state index in [-0.39, 0.29) is 17.8 Å². The van der Waals surface area contributed by atoms with E-state index in [1.54, 1.807) is 27.7 Å². The highest BCUT2D eigenvalue weighted by molar-refractivity contribution is 7.11. The lowest BCUT2D eigenvalue weighted by atomic mass is 10.0. The largest absolute Gasteiger partial charge is 0.448 e. The number of aromatic nitrogens is 2. The van der Waals surface area contributed by atoms with Crippen LogP contribution in [0.2, 0.25) is 0 Å². The van der Waals surface area contributed by atoms with E-state index in [1.807, 2.05) is 18.9 Å². The first kappa shape index (κ1) is 16.9. The Hall–Kier alpha value is -1.91. The number of carbonyl (C=O) groups excluding carboxylic acids is 2. The van der Waals surface area contributed by atoms with Gasteiger partial charge >= 0.3 is 17.8 Å². The van der Waals surface area contributed by atoms with Crippen LogP contribution < -0.4 is 5.69 Å². The first-order valence-electron chi connectivity index (χ1n) is 7.36. The molecule has 1 aliphatic heterocycles. The molecule has 2 atom stereocenters. The van der Waals surface area contributed by atoms with Crippen LogP contribution in [0.25, 0.3) is 11.0 Å². The van der Waals surface area contributed by atoms with Crippen LogP contribution in [-0.4, -0.2) is 39.6 Å². The SMILES string of the molecule is O=C(OP)c1ccc2c(c1)[nH]c(=O)n2C1CCN(C(=O)OP)CC1. The Bertz CT molecular complexity index is 839. The highest BCUT2D eigenvalue weighted by atomic mass is 31.0. The first-order valence-corrected chi connectivity index (χ1v) is 8.30. The van der Waals surface area contributed by atoms with Gasteiger partial charge in [-0.3, -0.25) is 4.57 Å². The number of rotatable bonds is 2. The summed E-state index contributed by atoms with van der Waals surface area (Å²) in [5.74, 6) is -0.486. The lowest BCUT2D eigenvalue weighted by Crippen LogP contribution is -2.39. The maximum atomic E-state index is 12.3. The number of nitrogens with one attached hydrogen (secondary N) is 1. The van der Waals surface area contributed by atoms with Crippen LogP contribution in [0.4, 0.5) is 4.79 Å². The average molecular weight is 369 g/mol. The monoisotopic (exact) mass is 369 g/mol. The molecule has 1 aromatic heterocycles. The van der Waals surface area contributed by atoms with E-state index in [9.17, 15) is 14.4 Å². The normalized spacial score (nSPS) is 15.5. The van der Waals surface area contributed by atoms with Crippen LogP contribution in [0.5, 0.6) is 0 Å². The van der Waals surface area contributed by atoms with Gasteiger partial charge in [0, 0.05) is 19.1 Å². The Labute approximate surface area is 142 Å². The van der Waals surface area contributed by atoms with Crippen molar-refractivity contribution in [2.45, 2.75) is 18.9 Å². The molecule has 24 heavy (non-hydrogen) atoms. The third-order valence-corrected chi connectivity index (χ3v) is 4.66. The zero-order chi connectivity index (χ0) is 17.3. The molecule has 1 amide bonds. The highest BCUT2D eigenvalue weighted by Gasteiger charge is 2.26. The number of nitrogens with zero attached hydrogens (tertiary/aromatic N) is 2. The Morgan fingerprint density at radius 3 is 2.50 bits per heavy atom. The summed E-state index contributed by atoms with van der Waals surface area (Å²) in [6.45, 7) is 1.04. The lowest BCUT2D eigenvalue weighted by molar-refractivity contribution is 0.0765. The number of piperidine rings is 1. The molecular formula is C14H17N3O5P2. The smallest absolute Gasteiger partial charge is 0.411 e. The van der Waals surface area contributed by atoms with Crippen LogP contribution >= 0.6 is 18.9 Å². The summed E-state index contributed by atoms with van der Waals surface area (Å²) in [5, 5.41) is 0. The number of hydrogen-bond acceptors (Lipinski definition) is 5. The topological polar surface area (TPSA) is 93.6 Å².